The molecule has 0 aliphatic carbocycles. The van der Waals surface area contributed by atoms with Crippen LogP contribution in [0.2, 0.25) is 5.02 Å². The Hall–Kier alpha value is -4.76. The molecule has 6 N–H and O–H groups in total. The highest BCUT2D eigenvalue weighted by Gasteiger charge is 2.40. The average molecular weight is 750 g/mol. The van der Waals surface area contributed by atoms with E-state index in [4.69, 9.17) is 33.2 Å². The minimum Gasteiger partial charge on any atom is -0.383 e. The molecular formula is C36H51ClF3N9O3. The summed E-state index contributed by atoms with van der Waals surface area (Å²) in [6.07, 6.45) is 3.76. The highest BCUT2D eigenvalue weighted by molar-refractivity contribution is 6.34. The number of amides is 2. The van der Waals surface area contributed by atoms with Crippen molar-refractivity contribution in [1.29, 1.82) is 5.41 Å². The van der Waals surface area contributed by atoms with E-state index in [1.165, 1.54) is 30.3 Å². The summed E-state index contributed by atoms with van der Waals surface area (Å²) in [5.74, 6) is -1.52. The smallest absolute Gasteiger partial charge is 0.333 e. The number of alkyl halides is 2. The van der Waals surface area contributed by atoms with E-state index < -0.39 is 30.4 Å². The Morgan fingerprint density at radius 3 is 2.19 bits per heavy atom. The van der Waals surface area contributed by atoms with Crippen LogP contribution in [0.3, 0.4) is 0 Å². The van der Waals surface area contributed by atoms with Gasteiger partial charge in [0.1, 0.15) is 18.0 Å². The lowest BCUT2D eigenvalue weighted by Crippen LogP contribution is -2.42. The second-order valence-electron chi connectivity index (χ2n) is 13.7. The number of guanidine groups is 1. The van der Waals surface area contributed by atoms with Gasteiger partial charge in [-0.05, 0) is 55.5 Å². The summed E-state index contributed by atoms with van der Waals surface area (Å²) in [4.78, 5) is 32.3. The molecule has 1 aliphatic heterocycles. The molecule has 286 valence electrons. The normalized spacial score (nSPS) is 14.9. The van der Waals surface area contributed by atoms with Crippen molar-refractivity contribution in [3.05, 3.63) is 76.3 Å². The number of nitrogens with zero attached hydrogens (tertiary/aromatic N) is 5. The third-order valence-electron chi connectivity index (χ3n) is 6.39. The zero-order chi connectivity index (χ0) is 40.0. The number of carbonyl (C=O) groups is 2. The second-order valence-corrected chi connectivity index (χ2v) is 14.1. The molecule has 4 rings (SSSR count). The van der Waals surface area contributed by atoms with Gasteiger partial charge in [-0.2, -0.15) is 13.9 Å². The number of aromatic nitrogens is 2. The number of nitrogens with one attached hydrogen (secondary N) is 2. The highest BCUT2D eigenvalue weighted by atomic mass is 35.5. The molecule has 2 amide bonds. The van der Waals surface area contributed by atoms with Crippen molar-refractivity contribution in [2.45, 2.75) is 86.5 Å². The van der Waals surface area contributed by atoms with Crippen LogP contribution < -0.4 is 16.8 Å². The van der Waals surface area contributed by atoms with E-state index in [-0.39, 0.29) is 40.1 Å². The summed E-state index contributed by atoms with van der Waals surface area (Å²) in [5, 5.41) is 13.6. The summed E-state index contributed by atoms with van der Waals surface area (Å²) in [6, 6.07) is 6.71. The van der Waals surface area contributed by atoms with Crippen molar-refractivity contribution < 1.29 is 27.5 Å². The predicted molar refractivity (Wildman–Crippen MR) is 201 cm³/mol. The summed E-state index contributed by atoms with van der Waals surface area (Å²) >= 11 is 6.24. The molecular weight excluding hydrogens is 699 g/mol. The number of rotatable bonds is 10. The van der Waals surface area contributed by atoms with Gasteiger partial charge in [-0.1, -0.05) is 71.3 Å². The summed E-state index contributed by atoms with van der Waals surface area (Å²) in [5.41, 5.74) is 13.9. The van der Waals surface area contributed by atoms with Crippen molar-refractivity contribution in [2.24, 2.45) is 26.9 Å². The maximum absolute atomic E-state index is 15.2. The number of amidine groups is 1. The van der Waals surface area contributed by atoms with Crippen LogP contribution in [0, 0.1) is 16.6 Å². The fraction of sp³-hybridized carbons (Fsp3) is 0.444. The van der Waals surface area contributed by atoms with E-state index in [0.717, 1.165) is 18.6 Å². The Kier molecular flexibility index (Phi) is 17.7. The molecule has 2 atom stereocenters. The van der Waals surface area contributed by atoms with Crippen LogP contribution in [-0.2, 0) is 14.3 Å². The van der Waals surface area contributed by atoms with Crippen LogP contribution in [0.4, 0.5) is 13.2 Å². The first-order valence-corrected chi connectivity index (χ1v) is 16.7. The number of carbonyl (C=O) groups excluding carboxylic acids is 2. The molecule has 1 aromatic heterocycles. The number of nitrogens with two attached hydrogens (primary N) is 2. The Bertz CT molecular complexity index is 1690. The molecule has 0 saturated heterocycles. The van der Waals surface area contributed by atoms with Crippen LogP contribution in [0.5, 0.6) is 0 Å². The Balaban J connectivity index is 0.000000823. The van der Waals surface area contributed by atoms with Crippen molar-refractivity contribution in [3.8, 4) is 11.1 Å². The minimum absolute atomic E-state index is 0.00321. The molecule has 0 bridgehead atoms. The van der Waals surface area contributed by atoms with Gasteiger partial charge in [0.25, 0.3) is 5.91 Å². The number of methoxy groups -OCH3 is 1. The monoisotopic (exact) mass is 749 g/mol. The van der Waals surface area contributed by atoms with Gasteiger partial charge in [-0.3, -0.25) is 19.9 Å². The first kappa shape index (κ1) is 45.3. The van der Waals surface area contributed by atoms with E-state index in [1.54, 1.807) is 18.2 Å². The Morgan fingerprint density at radius 1 is 1.12 bits per heavy atom. The van der Waals surface area contributed by atoms with Gasteiger partial charge in [0, 0.05) is 35.5 Å². The first-order chi connectivity index (χ1) is 24.2. The number of hydrogen-bond donors (Lipinski definition) is 4. The fourth-order valence-electron chi connectivity index (χ4n) is 4.27. The van der Waals surface area contributed by atoms with Gasteiger partial charge in [0.2, 0.25) is 6.41 Å². The third kappa shape index (κ3) is 13.8. The van der Waals surface area contributed by atoms with Gasteiger partial charge in [-0.15, -0.1) is 0 Å². The Morgan fingerprint density at radius 2 is 1.73 bits per heavy atom. The van der Waals surface area contributed by atoms with E-state index in [9.17, 15) is 18.4 Å². The zero-order valence-electron chi connectivity index (χ0n) is 31.3. The lowest BCUT2D eigenvalue weighted by molar-refractivity contribution is -0.130. The first-order valence-electron chi connectivity index (χ1n) is 16.3. The summed E-state index contributed by atoms with van der Waals surface area (Å²) < 4.78 is 46.6. The van der Waals surface area contributed by atoms with Crippen LogP contribution in [0.25, 0.3) is 11.1 Å². The lowest BCUT2D eigenvalue weighted by atomic mass is 9.99. The predicted octanol–water partition coefficient (Wildman–Crippen LogP) is 7.25. The van der Waals surface area contributed by atoms with E-state index in [2.05, 4.69) is 48.1 Å². The fourth-order valence-corrected chi connectivity index (χ4v) is 4.49. The van der Waals surface area contributed by atoms with E-state index in [0.29, 0.717) is 33.2 Å². The highest BCUT2D eigenvalue weighted by Crippen LogP contribution is 2.35. The van der Waals surface area contributed by atoms with Crippen LogP contribution in [0.1, 0.15) is 97.6 Å². The molecule has 2 unspecified atom stereocenters. The molecule has 12 nitrogen and oxygen atoms in total. The maximum Gasteiger partial charge on any atom is 0.333 e. The number of hydrogen-bond acceptors (Lipinski definition) is 7. The lowest BCUT2D eigenvalue weighted by Gasteiger charge is -2.28. The van der Waals surface area contributed by atoms with Gasteiger partial charge in [0.15, 0.2) is 12.0 Å². The molecule has 0 radical (unpaired) electrons. The molecule has 2 aromatic carbocycles. The summed E-state index contributed by atoms with van der Waals surface area (Å²) in [7, 11) is 1.44. The van der Waals surface area contributed by atoms with Gasteiger partial charge >= 0.3 is 6.55 Å². The summed E-state index contributed by atoms with van der Waals surface area (Å²) in [6.45, 7) is 15.7. The van der Waals surface area contributed by atoms with Gasteiger partial charge in [-0.25, -0.2) is 19.1 Å². The van der Waals surface area contributed by atoms with Crippen molar-refractivity contribution >= 4 is 42.1 Å². The molecule has 0 spiro atoms. The molecule has 3 aromatic rings. The van der Waals surface area contributed by atoms with Crippen molar-refractivity contribution in [1.82, 2.24) is 20.0 Å². The van der Waals surface area contributed by atoms with Crippen LogP contribution >= 0.6 is 11.6 Å². The maximum atomic E-state index is 15.2. The quantitative estimate of drug-likeness (QED) is 0.0964. The number of benzene rings is 2. The molecule has 52 heavy (non-hydrogen) atoms. The number of aliphatic imine (C=N–C) groups is 2. The molecule has 16 heteroatoms. The Labute approximate surface area is 309 Å². The van der Waals surface area contributed by atoms with Crippen LogP contribution in [0.15, 0.2) is 58.8 Å². The molecule has 0 fully saturated rings. The third-order valence-corrected chi connectivity index (χ3v) is 6.72. The standard InChI is InChI=1S/C24H22ClF3N8O2.C5H11NO.C5H12.C2H6/c1-38-10-19(13-3-5-17(25)16(6-13)21(30)32-11-29)36-22(37)20(34-24(36)31)15-4-2-12(7-18(15)26)14-8-33-35(9-14)23(27)28;1-5(2,3)6-4-7;1-5(2,3)4;1-2/h2-9,11,19-20,23H,10H2,1H3,(H2,31,34)(H3,29,30,32);4H,1-3H3,(H,6,7);1-4H3;1-2H3. The molecule has 1 aliphatic rings. The second kappa shape index (κ2) is 20.3. The SMILES string of the molecule is CC.CC(C)(C)C.CC(C)(C)NC=O.COCC(c1ccc(Cl)c(C(N)=NC=N)c1)N1C(=O)C(c2ccc(-c3cnn(C(F)F)c3)cc2F)N=C1N. The van der Waals surface area contributed by atoms with E-state index in [1.807, 2.05) is 34.6 Å². The topological polar surface area (TPSA) is 177 Å². The number of halogens is 4. The van der Waals surface area contributed by atoms with Gasteiger partial charge in [0.05, 0.1) is 23.9 Å². The van der Waals surface area contributed by atoms with E-state index >= 15 is 4.39 Å². The number of ether oxygens (including phenoxy) is 1. The average Bonchev–Trinajstić information content (AvgIpc) is 3.65. The largest absolute Gasteiger partial charge is 0.383 e. The van der Waals surface area contributed by atoms with Gasteiger partial charge < -0.3 is 21.5 Å². The molecule has 2 heterocycles. The van der Waals surface area contributed by atoms with Crippen molar-refractivity contribution in [3.63, 3.8) is 0 Å². The zero-order valence-corrected chi connectivity index (χ0v) is 32.1. The van der Waals surface area contributed by atoms with Crippen molar-refractivity contribution in [2.75, 3.05) is 13.7 Å². The van der Waals surface area contributed by atoms with Crippen LogP contribution in [-0.4, -0.2) is 64.4 Å². The molecule has 0 saturated carbocycles. The minimum atomic E-state index is -2.83.